The van der Waals surface area contributed by atoms with Crippen LogP contribution in [-0.4, -0.2) is 39.8 Å². The number of sulfonamides is 1. The van der Waals surface area contributed by atoms with Crippen LogP contribution < -0.4 is 9.46 Å². The summed E-state index contributed by atoms with van der Waals surface area (Å²) in [4.78, 5) is 3.99. The maximum absolute atomic E-state index is 12.0. The highest BCUT2D eigenvalue weighted by Gasteiger charge is 2.20. The van der Waals surface area contributed by atoms with Crippen LogP contribution in [0.25, 0.3) is 0 Å². The van der Waals surface area contributed by atoms with E-state index in [1.54, 1.807) is 6.07 Å². The topological polar surface area (TPSA) is 77.5 Å². The van der Waals surface area contributed by atoms with Crippen molar-refractivity contribution in [3.63, 3.8) is 0 Å². The van der Waals surface area contributed by atoms with E-state index in [1.807, 2.05) is 0 Å². The van der Waals surface area contributed by atoms with Gasteiger partial charge in [0.05, 0.1) is 6.61 Å². The van der Waals surface area contributed by atoms with E-state index in [0.29, 0.717) is 32.8 Å². The monoisotopic (exact) mass is 258 g/mol. The van der Waals surface area contributed by atoms with E-state index in [0.717, 1.165) is 0 Å². The Kier molecular flexibility index (Phi) is 3.93. The summed E-state index contributed by atoms with van der Waals surface area (Å²) in [5.74, 6) is 0.116. The molecule has 0 aliphatic carbocycles. The predicted molar refractivity (Wildman–Crippen MR) is 60.4 cm³/mol. The average molecular weight is 258 g/mol. The zero-order chi connectivity index (χ0) is 12.1. The number of rotatable bonds is 0. The minimum Gasteiger partial charge on any atom is -0.474 e. The number of hydrogen-bond donors (Lipinski definition) is 1. The van der Waals surface area contributed by atoms with Gasteiger partial charge in [-0.05, 0) is 18.6 Å². The molecule has 94 valence electrons. The third-order valence-electron chi connectivity index (χ3n) is 2.25. The SMILES string of the molecule is O=S1(=O)NCCCOCCOc2ncccc21. The Morgan fingerprint density at radius 1 is 1.29 bits per heavy atom. The molecule has 1 aliphatic heterocycles. The molecule has 1 aromatic rings. The fraction of sp³-hybridized carbons (Fsp3) is 0.500. The summed E-state index contributed by atoms with van der Waals surface area (Å²) < 4.78 is 36.9. The highest BCUT2D eigenvalue weighted by Crippen LogP contribution is 2.20. The number of pyridine rings is 1. The van der Waals surface area contributed by atoms with Gasteiger partial charge in [0.15, 0.2) is 0 Å². The molecule has 0 radical (unpaired) electrons. The highest BCUT2D eigenvalue weighted by atomic mass is 32.2. The van der Waals surface area contributed by atoms with E-state index in [-0.39, 0.29) is 10.8 Å². The maximum atomic E-state index is 12.0. The van der Waals surface area contributed by atoms with Crippen molar-refractivity contribution in [1.82, 2.24) is 9.71 Å². The second kappa shape index (κ2) is 5.44. The molecular formula is C10H14N2O4S. The summed E-state index contributed by atoms with van der Waals surface area (Å²) in [5.41, 5.74) is 0. The first kappa shape index (κ1) is 12.3. The molecule has 0 bridgehead atoms. The lowest BCUT2D eigenvalue weighted by molar-refractivity contribution is 0.0969. The van der Waals surface area contributed by atoms with E-state index in [4.69, 9.17) is 9.47 Å². The quantitative estimate of drug-likeness (QED) is 0.717. The largest absolute Gasteiger partial charge is 0.474 e. The van der Waals surface area contributed by atoms with Crippen molar-refractivity contribution in [1.29, 1.82) is 0 Å². The van der Waals surface area contributed by atoms with Crippen LogP contribution in [0.3, 0.4) is 0 Å². The zero-order valence-electron chi connectivity index (χ0n) is 9.26. The Morgan fingerprint density at radius 3 is 3.06 bits per heavy atom. The first-order valence-electron chi connectivity index (χ1n) is 5.35. The van der Waals surface area contributed by atoms with E-state index >= 15 is 0 Å². The summed E-state index contributed by atoms with van der Waals surface area (Å²) in [6.07, 6.45) is 2.13. The van der Waals surface area contributed by atoms with Gasteiger partial charge >= 0.3 is 0 Å². The molecule has 0 spiro atoms. The molecule has 2 heterocycles. The maximum Gasteiger partial charge on any atom is 0.245 e. The Labute approximate surface area is 100 Å². The summed E-state index contributed by atoms with van der Waals surface area (Å²) in [7, 11) is -3.55. The third-order valence-corrected chi connectivity index (χ3v) is 3.72. The van der Waals surface area contributed by atoms with Gasteiger partial charge in [-0.15, -0.1) is 0 Å². The lowest BCUT2D eigenvalue weighted by Gasteiger charge is -2.09. The number of hydrogen-bond acceptors (Lipinski definition) is 5. The summed E-state index contributed by atoms with van der Waals surface area (Å²) in [6, 6.07) is 3.04. The number of nitrogens with one attached hydrogen (secondary N) is 1. The van der Waals surface area contributed by atoms with Crippen molar-refractivity contribution in [2.45, 2.75) is 11.3 Å². The van der Waals surface area contributed by atoms with Crippen molar-refractivity contribution in [3.05, 3.63) is 18.3 Å². The van der Waals surface area contributed by atoms with Gasteiger partial charge in [-0.2, -0.15) is 0 Å². The number of aromatic nitrogens is 1. The van der Waals surface area contributed by atoms with Crippen molar-refractivity contribution < 1.29 is 17.9 Å². The lowest BCUT2D eigenvalue weighted by Crippen LogP contribution is -2.25. The van der Waals surface area contributed by atoms with Gasteiger partial charge in [0, 0.05) is 19.3 Å². The van der Waals surface area contributed by atoms with Gasteiger partial charge in [-0.3, -0.25) is 0 Å². The van der Waals surface area contributed by atoms with Crippen LogP contribution in [0.4, 0.5) is 0 Å². The predicted octanol–water partition coefficient (Wildman–Crippen LogP) is 0.159. The molecule has 1 N–H and O–H groups in total. The third kappa shape index (κ3) is 3.15. The molecule has 1 aliphatic rings. The van der Waals surface area contributed by atoms with Gasteiger partial charge in [0.1, 0.15) is 11.5 Å². The van der Waals surface area contributed by atoms with E-state index in [1.165, 1.54) is 12.3 Å². The summed E-state index contributed by atoms with van der Waals surface area (Å²) in [5, 5.41) is 0. The smallest absolute Gasteiger partial charge is 0.245 e. The Morgan fingerprint density at radius 2 is 2.18 bits per heavy atom. The van der Waals surface area contributed by atoms with E-state index in [2.05, 4.69) is 9.71 Å². The van der Waals surface area contributed by atoms with Gasteiger partial charge < -0.3 is 9.47 Å². The number of ether oxygens (including phenoxy) is 2. The molecule has 17 heavy (non-hydrogen) atoms. The highest BCUT2D eigenvalue weighted by molar-refractivity contribution is 7.89. The van der Waals surface area contributed by atoms with Gasteiger partial charge in [0.25, 0.3) is 0 Å². The van der Waals surface area contributed by atoms with Crippen molar-refractivity contribution >= 4 is 10.0 Å². The normalized spacial score (nSPS) is 20.7. The first-order valence-corrected chi connectivity index (χ1v) is 6.84. The summed E-state index contributed by atoms with van der Waals surface area (Å²) in [6.45, 7) is 1.57. The fourth-order valence-corrected chi connectivity index (χ4v) is 2.61. The van der Waals surface area contributed by atoms with Crippen molar-refractivity contribution in [2.75, 3.05) is 26.4 Å². The van der Waals surface area contributed by atoms with Gasteiger partial charge in [0.2, 0.25) is 15.9 Å². The molecule has 0 amide bonds. The van der Waals surface area contributed by atoms with Gasteiger partial charge in [-0.1, -0.05) is 0 Å². The van der Waals surface area contributed by atoms with Crippen molar-refractivity contribution in [3.8, 4) is 5.88 Å². The number of fused-ring (bicyclic) bond motifs is 1. The molecule has 2 rings (SSSR count). The second-order valence-corrected chi connectivity index (χ2v) is 5.25. The number of nitrogens with zero attached hydrogens (tertiary/aromatic N) is 1. The molecule has 0 fully saturated rings. The molecule has 0 atom stereocenters. The van der Waals surface area contributed by atoms with Crippen LogP contribution >= 0.6 is 0 Å². The average Bonchev–Trinajstić information content (AvgIpc) is 2.35. The Balaban J connectivity index is 2.32. The van der Waals surface area contributed by atoms with Crippen LogP contribution in [0.1, 0.15) is 6.42 Å². The van der Waals surface area contributed by atoms with Crippen LogP contribution in [0.5, 0.6) is 5.88 Å². The first-order chi connectivity index (χ1) is 8.20. The van der Waals surface area contributed by atoms with Crippen molar-refractivity contribution in [2.24, 2.45) is 0 Å². The minimum atomic E-state index is -3.55. The van der Waals surface area contributed by atoms with E-state index < -0.39 is 10.0 Å². The standard InChI is InChI=1S/C10H14N2O4S/c13-17(14)9-3-1-4-11-10(9)16-8-7-15-6-2-5-12-17/h1,3-4,12H,2,5-8H2. The van der Waals surface area contributed by atoms with Crippen LogP contribution in [0.15, 0.2) is 23.2 Å². The fourth-order valence-electron chi connectivity index (χ4n) is 1.45. The van der Waals surface area contributed by atoms with E-state index in [9.17, 15) is 8.42 Å². The van der Waals surface area contributed by atoms with Gasteiger partial charge in [-0.25, -0.2) is 18.1 Å². The molecule has 0 saturated heterocycles. The summed E-state index contributed by atoms with van der Waals surface area (Å²) >= 11 is 0. The molecular weight excluding hydrogens is 244 g/mol. The molecule has 0 saturated carbocycles. The van der Waals surface area contributed by atoms with Crippen LogP contribution in [0.2, 0.25) is 0 Å². The van der Waals surface area contributed by atoms with Crippen LogP contribution in [0, 0.1) is 0 Å². The zero-order valence-corrected chi connectivity index (χ0v) is 10.1. The lowest BCUT2D eigenvalue weighted by atomic mass is 10.5. The molecule has 0 aromatic carbocycles. The van der Waals surface area contributed by atoms with Crippen LogP contribution in [-0.2, 0) is 14.8 Å². The minimum absolute atomic E-state index is 0.0712. The molecule has 6 nitrogen and oxygen atoms in total. The molecule has 0 unspecified atom stereocenters. The Hall–Kier alpha value is -1.18. The molecule has 1 aromatic heterocycles. The second-order valence-electron chi connectivity index (χ2n) is 3.52. The Bertz CT molecular complexity index is 475. The molecule has 7 heteroatoms.